The Morgan fingerprint density at radius 3 is 1.50 bits per heavy atom. The smallest absolute Gasteiger partial charge is 0.320 e. The molecule has 0 saturated carbocycles. The van der Waals surface area contributed by atoms with E-state index in [9.17, 15) is 4.79 Å². The van der Waals surface area contributed by atoms with E-state index < -0.39 is 5.97 Å². The summed E-state index contributed by atoms with van der Waals surface area (Å²) in [7, 11) is 0. The molecule has 24 heavy (non-hydrogen) atoms. The summed E-state index contributed by atoms with van der Waals surface area (Å²) < 4.78 is 4.52. The zero-order chi connectivity index (χ0) is 17.7. The van der Waals surface area contributed by atoms with Gasteiger partial charge in [0, 0.05) is 78.8 Å². The average molecular weight is 359 g/mol. The minimum atomic E-state index is -0.454. The van der Waals surface area contributed by atoms with Crippen LogP contribution in [-0.4, -0.2) is 11.7 Å². The maximum Gasteiger partial charge on any atom is 0.320 e. The highest BCUT2D eigenvalue weighted by molar-refractivity contribution is 7.80. The molecule has 0 rings (SSSR count). The van der Waals surface area contributed by atoms with Gasteiger partial charge in [0.05, 0.1) is 6.42 Å². The second-order valence-corrected chi connectivity index (χ2v) is 3.52. The van der Waals surface area contributed by atoms with Gasteiger partial charge in [0.25, 0.3) is 0 Å². The highest BCUT2D eigenvalue weighted by Crippen LogP contribution is 1.86. The number of hydrogen-bond donors (Lipinski definition) is 1. The molecule has 0 bridgehead atoms. The van der Waals surface area contributed by atoms with Crippen LogP contribution in [0.4, 0.5) is 0 Å². The molecule has 0 unspecified atom stereocenters. The summed E-state index contributed by atoms with van der Waals surface area (Å²) in [5.41, 5.74) is 0. The Kier molecular flexibility index (Phi) is 14.0. The van der Waals surface area contributed by atoms with Crippen molar-refractivity contribution >= 4 is 18.6 Å². The SMILES string of the molecule is C#CC#CC#CC#CC#CC#CC#CC#CC#COC(=O)CCS.[HH].[HH].[HH].[HH].[HH].[HH].[HH].[HH].[HH].[HH].[HH].[HH].[HH].[HH].[HH].[HH].[HH].[HH]. The summed E-state index contributed by atoms with van der Waals surface area (Å²) in [4.78, 5) is 10.9. The van der Waals surface area contributed by atoms with Crippen molar-refractivity contribution in [3.05, 3.63) is 0 Å². The van der Waals surface area contributed by atoms with Crippen LogP contribution in [0.5, 0.6) is 0 Å². The average Bonchev–Trinajstić information content (AvgIpc) is 2.58. The van der Waals surface area contributed by atoms with E-state index >= 15 is 0 Å². The maximum absolute atomic E-state index is 10.9. The summed E-state index contributed by atoms with van der Waals surface area (Å²) in [6.07, 6.45) is 7.23. The first-order valence-electron chi connectivity index (χ1n) is 6.07. The van der Waals surface area contributed by atoms with Crippen molar-refractivity contribution in [2.24, 2.45) is 0 Å². The lowest BCUT2D eigenvalue weighted by Gasteiger charge is -1.89. The third kappa shape index (κ3) is 15.9. The molecule has 144 valence electrons. The van der Waals surface area contributed by atoms with Crippen LogP contribution in [0.2, 0.25) is 0 Å². The van der Waals surface area contributed by atoms with Crippen LogP contribution in [0.25, 0.3) is 0 Å². The largest absolute Gasteiger partial charge is 0.371 e. The maximum atomic E-state index is 10.9. The molecule has 0 fully saturated rings. The Bertz CT molecular complexity index is 1050. The predicted octanol–water partition coefficient (Wildman–Crippen LogP) is 4.90. The lowest BCUT2D eigenvalue weighted by atomic mass is 10.5. The van der Waals surface area contributed by atoms with Gasteiger partial charge in [-0.25, -0.2) is 0 Å². The van der Waals surface area contributed by atoms with Crippen molar-refractivity contribution in [1.29, 1.82) is 0 Å². The Labute approximate surface area is 174 Å². The van der Waals surface area contributed by atoms with Crippen LogP contribution < -0.4 is 0 Å². The van der Waals surface area contributed by atoms with Crippen LogP contribution in [0.1, 0.15) is 32.1 Å². The van der Waals surface area contributed by atoms with E-state index in [1.54, 1.807) is 0 Å². The van der Waals surface area contributed by atoms with E-state index in [1.807, 2.05) is 0 Å². The van der Waals surface area contributed by atoms with Gasteiger partial charge in [0.1, 0.15) is 6.11 Å². The van der Waals surface area contributed by atoms with Crippen molar-refractivity contribution in [1.82, 2.24) is 0 Å². The molecule has 0 aromatic heterocycles. The van der Waals surface area contributed by atoms with Gasteiger partial charge in [-0.1, -0.05) is 0 Å². The summed E-state index contributed by atoms with van der Waals surface area (Å²) >= 11 is 3.88. The van der Waals surface area contributed by atoms with Crippen molar-refractivity contribution in [3.8, 4) is 107 Å². The van der Waals surface area contributed by atoms with Gasteiger partial charge in [-0.15, -0.1) is 6.42 Å². The number of thiol groups is 1. The molecule has 0 radical (unpaired) electrons. The number of carbonyl (C=O) groups is 1. The second kappa shape index (κ2) is 16.9. The molecule has 0 saturated heterocycles. The standard InChI is InChI=1S/C21H6O2S.18H2/c1-2-3-4-5-6-7-8-9-10-11-12-13-14-15-16-17-19-23-21(22)18-20-24;;;;;;;;;;;;;;;;;;/h1,24H,18,20H2;18*1H. The van der Waals surface area contributed by atoms with Gasteiger partial charge < -0.3 is 4.74 Å². The van der Waals surface area contributed by atoms with Gasteiger partial charge in [-0.05, 0) is 47.4 Å². The number of carbonyl (C=O) groups excluding carboxylic acids is 1. The van der Waals surface area contributed by atoms with Gasteiger partial charge in [0.2, 0.25) is 0 Å². The van der Waals surface area contributed by atoms with E-state index in [-0.39, 0.29) is 32.1 Å². The van der Waals surface area contributed by atoms with Gasteiger partial charge in [-0.3, -0.25) is 4.79 Å². The number of ether oxygens (including phenoxy) is 1. The molecule has 0 heterocycles. The monoisotopic (exact) mass is 358 g/mol. The van der Waals surface area contributed by atoms with Gasteiger partial charge >= 0.3 is 5.97 Å². The molecule has 0 aromatic carbocycles. The van der Waals surface area contributed by atoms with Crippen molar-refractivity contribution in [3.63, 3.8) is 0 Å². The van der Waals surface area contributed by atoms with Gasteiger partial charge in [-0.2, -0.15) is 12.6 Å². The second-order valence-electron chi connectivity index (χ2n) is 3.07. The molecule has 0 aromatic rings. The molecule has 0 aliphatic heterocycles. The van der Waals surface area contributed by atoms with Gasteiger partial charge in [0.15, 0.2) is 0 Å². The lowest BCUT2D eigenvalue weighted by Crippen LogP contribution is -1.99. The fraction of sp³-hybridized carbons (Fsp3) is 0.0952. The first-order valence-corrected chi connectivity index (χ1v) is 6.70. The highest BCUT2D eigenvalue weighted by atomic mass is 32.1. The summed E-state index contributed by atoms with van der Waals surface area (Å²) in [5.74, 6) is 38.4. The Morgan fingerprint density at radius 1 is 0.750 bits per heavy atom. The fourth-order valence-electron chi connectivity index (χ4n) is 0.693. The summed E-state index contributed by atoms with van der Waals surface area (Å²) in [5, 5.41) is 0. The van der Waals surface area contributed by atoms with E-state index in [0.717, 1.165) is 0 Å². The van der Waals surface area contributed by atoms with E-state index in [1.165, 1.54) is 0 Å². The number of rotatable bonds is 2. The zero-order valence-electron chi connectivity index (χ0n) is 12.3. The third-order valence-corrected chi connectivity index (χ3v) is 1.70. The van der Waals surface area contributed by atoms with Crippen LogP contribution in [0, 0.1) is 107 Å². The van der Waals surface area contributed by atoms with Crippen molar-refractivity contribution in [2.45, 2.75) is 6.42 Å². The summed E-state index contributed by atoms with van der Waals surface area (Å²) in [6, 6.07) is 0. The Hall–Kier alpha value is -4.14. The predicted molar refractivity (Wildman–Crippen MR) is 134 cm³/mol. The van der Waals surface area contributed by atoms with E-state index in [0.29, 0.717) is 5.75 Å². The number of terminal acetylenes is 1. The molecule has 0 aliphatic rings. The Balaban J connectivity index is -0.0000000173. The van der Waals surface area contributed by atoms with Crippen LogP contribution in [0.3, 0.4) is 0 Å². The molecule has 0 amide bonds. The highest BCUT2D eigenvalue weighted by Gasteiger charge is 1.96. The molecular formula is C21H42O2S. The summed E-state index contributed by atoms with van der Waals surface area (Å²) in [6.45, 7) is 0. The Morgan fingerprint density at radius 2 is 1.12 bits per heavy atom. The number of esters is 1. The molecule has 0 atom stereocenters. The lowest BCUT2D eigenvalue weighted by molar-refractivity contribution is -0.136. The topological polar surface area (TPSA) is 26.3 Å². The molecule has 3 heteroatoms. The molecule has 2 nitrogen and oxygen atoms in total. The van der Waals surface area contributed by atoms with Crippen molar-refractivity contribution in [2.75, 3.05) is 5.75 Å². The van der Waals surface area contributed by atoms with E-state index in [2.05, 4.69) is 118 Å². The minimum Gasteiger partial charge on any atom is -0.371 e. The molecular weight excluding hydrogens is 316 g/mol. The van der Waals surface area contributed by atoms with E-state index in [4.69, 9.17) is 6.42 Å². The first kappa shape index (κ1) is 19.9. The first-order chi connectivity index (χ1) is 11.8. The molecule has 0 N–H and O–H groups in total. The molecule has 0 spiro atoms. The van der Waals surface area contributed by atoms with Crippen molar-refractivity contribution < 1.29 is 35.2 Å². The van der Waals surface area contributed by atoms with Crippen LogP contribution in [0.15, 0.2) is 0 Å². The number of hydrogen-bond acceptors (Lipinski definition) is 3. The van der Waals surface area contributed by atoms with Crippen LogP contribution in [-0.2, 0) is 9.53 Å². The fourth-order valence-corrected chi connectivity index (χ4v) is 0.875. The zero-order valence-corrected chi connectivity index (χ0v) is 13.1. The normalized spacial score (nSPS) is 5.17. The quantitative estimate of drug-likeness (QED) is 0.432. The van der Waals surface area contributed by atoms with Crippen LogP contribution >= 0.6 is 12.6 Å². The minimum absolute atomic E-state index is 0. The molecule has 0 aliphatic carbocycles. The third-order valence-electron chi connectivity index (χ3n) is 1.48.